The van der Waals surface area contributed by atoms with Crippen LogP contribution in [0.3, 0.4) is 0 Å². The van der Waals surface area contributed by atoms with Crippen molar-refractivity contribution in [2.24, 2.45) is 5.84 Å². The molecule has 2 heteroatoms. The monoisotopic (exact) mass is 126 g/mol. The quantitative estimate of drug-likeness (QED) is 0.343. The molecule has 52 valence electrons. The van der Waals surface area contributed by atoms with E-state index in [4.69, 9.17) is 5.84 Å². The minimum absolute atomic E-state index is 0.859. The first-order chi connectivity index (χ1) is 4.09. The molecule has 0 aliphatic heterocycles. The Kier molecular flexibility index (Phi) is 3.02. The Morgan fingerprint density at radius 2 is 2.11 bits per heavy atom. The van der Waals surface area contributed by atoms with Crippen LogP contribution >= 0.6 is 0 Å². The average molecular weight is 126 g/mol. The number of nitrogens with zero attached hydrogens (tertiary/aromatic N) is 1. The molecule has 0 aromatic heterocycles. The smallest absolute Gasteiger partial charge is 0.0467 e. The first-order valence-corrected chi connectivity index (χ1v) is 2.90. The van der Waals surface area contributed by atoms with Gasteiger partial charge in [-0.15, -0.1) is 0 Å². The van der Waals surface area contributed by atoms with Crippen molar-refractivity contribution in [1.29, 1.82) is 0 Å². The van der Waals surface area contributed by atoms with Crippen molar-refractivity contribution in [3.63, 3.8) is 0 Å². The lowest BCUT2D eigenvalue weighted by molar-refractivity contribution is 0.451. The number of hydrazine groups is 1. The van der Waals surface area contributed by atoms with Crippen molar-refractivity contribution in [3.8, 4) is 0 Å². The molecule has 0 radical (unpaired) electrons. The van der Waals surface area contributed by atoms with E-state index in [9.17, 15) is 0 Å². The molecule has 0 heterocycles. The van der Waals surface area contributed by atoms with Crippen LogP contribution in [-0.2, 0) is 0 Å². The summed E-state index contributed by atoms with van der Waals surface area (Å²) in [6.45, 7) is 7.70. The summed E-state index contributed by atoms with van der Waals surface area (Å²) >= 11 is 0. The number of allylic oxidation sites excluding steroid dienone is 2. The van der Waals surface area contributed by atoms with Crippen LogP contribution < -0.4 is 5.84 Å². The lowest BCUT2D eigenvalue weighted by atomic mass is 10.2. The molecule has 0 rings (SSSR count). The van der Waals surface area contributed by atoms with Crippen LogP contribution in [0.15, 0.2) is 23.9 Å². The summed E-state index contributed by atoms with van der Waals surface area (Å²) in [4.78, 5) is 0. The van der Waals surface area contributed by atoms with E-state index in [2.05, 4.69) is 6.58 Å². The van der Waals surface area contributed by atoms with Gasteiger partial charge in [-0.1, -0.05) is 12.7 Å². The van der Waals surface area contributed by atoms with Crippen LogP contribution in [-0.4, -0.2) is 12.1 Å². The maximum Gasteiger partial charge on any atom is 0.0467 e. The van der Waals surface area contributed by atoms with Crippen LogP contribution in [0.4, 0.5) is 0 Å². The topological polar surface area (TPSA) is 29.3 Å². The number of hydrogen-bond donors (Lipinski definition) is 1. The molecule has 2 nitrogen and oxygen atoms in total. The molecule has 0 aromatic carbocycles. The van der Waals surface area contributed by atoms with Gasteiger partial charge in [-0.2, -0.15) is 0 Å². The molecule has 0 amide bonds. The maximum atomic E-state index is 5.41. The van der Waals surface area contributed by atoms with E-state index in [-0.39, 0.29) is 0 Å². The normalized spacial score (nSPS) is 11.3. The van der Waals surface area contributed by atoms with E-state index in [1.165, 1.54) is 5.01 Å². The van der Waals surface area contributed by atoms with Crippen LogP contribution in [0, 0.1) is 0 Å². The summed E-state index contributed by atoms with van der Waals surface area (Å²) in [7, 11) is 1.77. The molecular weight excluding hydrogens is 112 g/mol. The van der Waals surface area contributed by atoms with Crippen molar-refractivity contribution in [2.45, 2.75) is 13.8 Å². The SMILES string of the molecule is C=C(/C(C)=C/C)N(C)N. The standard InChI is InChI=1S/C7H14N2/c1-5-6(2)7(3)9(4)8/h5H,3,8H2,1-2,4H3/b6-5+. The van der Waals surface area contributed by atoms with Gasteiger partial charge in [0.15, 0.2) is 0 Å². The zero-order chi connectivity index (χ0) is 7.44. The summed E-state index contributed by atoms with van der Waals surface area (Å²) in [6.07, 6.45) is 1.98. The Bertz CT molecular complexity index is 134. The Morgan fingerprint density at radius 3 is 2.22 bits per heavy atom. The van der Waals surface area contributed by atoms with Crippen LogP contribution in [0.1, 0.15) is 13.8 Å². The third-order valence-corrected chi connectivity index (χ3v) is 1.31. The van der Waals surface area contributed by atoms with Crippen molar-refractivity contribution < 1.29 is 0 Å². The van der Waals surface area contributed by atoms with Crippen LogP contribution in [0.5, 0.6) is 0 Å². The molecule has 0 saturated carbocycles. The minimum atomic E-state index is 0.859. The van der Waals surface area contributed by atoms with Crippen molar-refractivity contribution in [1.82, 2.24) is 5.01 Å². The van der Waals surface area contributed by atoms with Gasteiger partial charge >= 0.3 is 0 Å². The van der Waals surface area contributed by atoms with Gasteiger partial charge in [-0.3, -0.25) is 0 Å². The van der Waals surface area contributed by atoms with Gasteiger partial charge in [0.2, 0.25) is 0 Å². The molecule has 2 N–H and O–H groups in total. The molecule has 0 aliphatic rings. The van der Waals surface area contributed by atoms with E-state index in [0.29, 0.717) is 0 Å². The summed E-state index contributed by atoms with van der Waals surface area (Å²) < 4.78 is 0. The fraction of sp³-hybridized carbons (Fsp3) is 0.429. The highest BCUT2D eigenvalue weighted by Crippen LogP contribution is 2.05. The van der Waals surface area contributed by atoms with E-state index < -0.39 is 0 Å². The highest BCUT2D eigenvalue weighted by molar-refractivity contribution is 5.22. The van der Waals surface area contributed by atoms with E-state index in [1.54, 1.807) is 7.05 Å². The first-order valence-electron chi connectivity index (χ1n) is 2.90. The second kappa shape index (κ2) is 3.30. The van der Waals surface area contributed by atoms with Gasteiger partial charge in [0, 0.05) is 12.7 Å². The van der Waals surface area contributed by atoms with Crippen molar-refractivity contribution in [3.05, 3.63) is 23.9 Å². The highest BCUT2D eigenvalue weighted by atomic mass is 15.4. The van der Waals surface area contributed by atoms with Gasteiger partial charge in [0.1, 0.15) is 0 Å². The number of rotatable bonds is 2. The van der Waals surface area contributed by atoms with E-state index in [0.717, 1.165) is 11.3 Å². The fourth-order valence-corrected chi connectivity index (χ4v) is 0.445. The fourth-order valence-electron chi connectivity index (χ4n) is 0.445. The van der Waals surface area contributed by atoms with Crippen molar-refractivity contribution >= 4 is 0 Å². The molecule has 0 fully saturated rings. The summed E-state index contributed by atoms with van der Waals surface area (Å²) in [5.74, 6) is 5.41. The predicted molar refractivity (Wildman–Crippen MR) is 40.5 cm³/mol. The van der Waals surface area contributed by atoms with Crippen molar-refractivity contribution in [2.75, 3.05) is 7.05 Å². The molecule has 0 atom stereocenters. The predicted octanol–water partition coefficient (Wildman–Crippen LogP) is 1.27. The maximum absolute atomic E-state index is 5.41. The second-order valence-corrected chi connectivity index (χ2v) is 2.03. The van der Waals surface area contributed by atoms with Crippen LogP contribution in [0.2, 0.25) is 0 Å². The zero-order valence-electron chi connectivity index (χ0n) is 6.31. The Labute approximate surface area is 56.6 Å². The molecule has 0 unspecified atom stereocenters. The molecular formula is C7H14N2. The lowest BCUT2D eigenvalue weighted by Gasteiger charge is -2.14. The summed E-state index contributed by atoms with van der Waals surface area (Å²) in [5.41, 5.74) is 1.97. The third kappa shape index (κ3) is 2.33. The molecule has 0 aromatic rings. The summed E-state index contributed by atoms with van der Waals surface area (Å²) in [5, 5.41) is 1.51. The van der Waals surface area contributed by atoms with Gasteiger partial charge in [-0.25, -0.2) is 5.84 Å². The third-order valence-electron chi connectivity index (χ3n) is 1.31. The molecule has 0 aliphatic carbocycles. The molecule has 0 saturated heterocycles. The minimum Gasteiger partial charge on any atom is -0.314 e. The summed E-state index contributed by atoms with van der Waals surface area (Å²) in [6, 6.07) is 0. The Hall–Kier alpha value is -0.760. The number of nitrogens with two attached hydrogens (primary N) is 1. The second-order valence-electron chi connectivity index (χ2n) is 2.03. The van der Waals surface area contributed by atoms with E-state index >= 15 is 0 Å². The van der Waals surface area contributed by atoms with Gasteiger partial charge < -0.3 is 5.01 Å². The average Bonchev–Trinajstić information content (AvgIpc) is 1.84. The molecule has 9 heavy (non-hydrogen) atoms. The van der Waals surface area contributed by atoms with E-state index in [1.807, 2.05) is 19.9 Å². The van der Waals surface area contributed by atoms with Gasteiger partial charge in [0.05, 0.1) is 0 Å². The van der Waals surface area contributed by atoms with Gasteiger partial charge in [0.25, 0.3) is 0 Å². The number of likely N-dealkylation sites (N-methyl/N-ethyl adjacent to an activating group) is 1. The molecule has 0 bridgehead atoms. The highest BCUT2D eigenvalue weighted by Gasteiger charge is 1.95. The molecule has 0 spiro atoms. The number of hydrogen-bond acceptors (Lipinski definition) is 2. The Morgan fingerprint density at radius 1 is 1.67 bits per heavy atom. The largest absolute Gasteiger partial charge is 0.314 e. The zero-order valence-corrected chi connectivity index (χ0v) is 6.31. The van der Waals surface area contributed by atoms with Crippen LogP contribution in [0.25, 0.3) is 0 Å². The Balaban J connectivity index is 4.06. The first kappa shape index (κ1) is 8.24. The van der Waals surface area contributed by atoms with Gasteiger partial charge in [-0.05, 0) is 19.4 Å². The lowest BCUT2D eigenvalue weighted by Crippen LogP contribution is -2.24.